The van der Waals surface area contributed by atoms with Gasteiger partial charge in [0.1, 0.15) is 6.04 Å². The van der Waals surface area contributed by atoms with Gasteiger partial charge in [-0.3, -0.25) is 14.5 Å². The van der Waals surface area contributed by atoms with Gasteiger partial charge in [0.05, 0.1) is 6.54 Å². The van der Waals surface area contributed by atoms with Gasteiger partial charge in [-0.05, 0) is 38.6 Å². The highest BCUT2D eigenvalue weighted by Gasteiger charge is 2.32. The molecule has 5 nitrogen and oxygen atoms in total. The Hall–Kier alpha value is -1.10. The van der Waals surface area contributed by atoms with E-state index in [9.17, 15) is 9.59 Å². The third-order valence-corrected chi connectivity index (χ3v) is 3.85. The number of nitrogens with zero attached hydrogens (tertiary/aromatic N) is 2. The topological polar surface area (TPSA) is 60.9 Å². The molecule has 0 aliphatic carbocycles. The highest BCUT2D eigenvalue weighted by molar-refractivity contribution is 5.80. The Bertz CT molecular complexity index is 331. The lowest BCUT2D eigenvalue weighted by atomic mass is 10.0. The molecule has 1 rings (SSSR count). The van der Waals surface area contributed by atoms with Crippen LogP contribution >= 0.6 is 0 Å². The van der Waals surface area contributed by atoms with Crippen molar-refractivity contribution >= 4 is 11.9 Å². The monoisotopic (exact) mass is 270 g/mol. The van der Waals surface area contributed by atoms with E-state index in [1.165, 1.54) is 0 Å². The second kappa shape index (κ2) is 6.89. The SMILES string of the molecule is CC(C)CC(C)N(C)C(=O)CN1CCCC1C(=O)O. The van der Waals surface area contributed by atoms with E-state index in [1.807, 2.05) is 6.92 Å². The van der Waals surface area contributed by atoms with Crippen LogP contribution in [0.1, 0.15) is 40.0 Å². The van der Waals surface area contributed by atoms with E-state index >= 15 is 0 Å². The zero-order valence-corrected chi connectivity index (χ0v) is 12.4. The highest BCUT2D eigenvalue weighted by Crippen LogP contribution is 2.18. The number of carboxylic acids is 1. The summed E-state index contributed by atoms with van der Waals surface area (Å²) in [5.74, 6) is -0.256. The molecule has 0 aromatic rings. The average molecular weight is 270 g/mol. The van der Waals surface area contributed by atoms with E-state index in [-0.39, 0.29) is 18.5 Å². The fraction of sp³-hybridized carbons (Fsp3) is 0.857. The molecule has 0 saturated carbocycles. The van der Waals surface area contributed by atoms with Crippen molar-refractivity contribution in [1.29, 1.82) is 0 Å². The van der Waals surface area contributed by atoms with Crippen LogP contribution in [-0.4, -0.2) is 59.0 Å². The number of hydrogen-bond acceptors (Lipinski definition) is 3. The summed E-state index contributed by atoms with van der Waals surface area (Å²) in [4.78, 5) is 26.8. The summed E-state index contributed by atoms with van der Waals surface area (Å²) < 4.78 is 0. The molecule has 1 amide bonds. The van der Waals surface area contributed by atoms with Crippen LogP contribution < -0.4 is 0 Å². The lowest BCUT2D eigenvalue weighted by molar-refractivity contribution is -0.143. The molecule has 0 spiro atoms. The maximum Gasteiger partial charge on any atom is 0.320 e. The molecule has 19 heavy (non-hydrogen) atoms. The molecule has 0 bridgehead atoms. The number of carboxylic acid groups (broad SMARTS) is 1. The first-order valence-corrected chi connectivity index (χ1v) is 7.05. The number of carbonyl (C=O) groups excluding carboxylic acids is 1. The van der Waals surface area contributed by atoms with Crippen LogP contribution in [0.15, 0.2) is 0 Å². The number of hydrogen-bond donors (Lipinski definition) is 1. The van der Waals surface area contributed by atoms with Gasteiger partial charge in [-0.25, -0.2) is 0 Å². The Balaban J connectivity index is 2.52. The van der Waals surface area contributed by atoms with Gasteiger partial charge in [-0.2, -0.15) is 0 Å². The Labute approximate surface area is 115 Å². The molecule has 1 aliphatic heterocycles. The molecule has 1 N–H and O–H groups in total. The predicted molar refractivity (Wildman–Crippen MR) is 73.9 cm³/mol. The predicted octanol–water partition coefficient (Wildman–Crippen LogP) is 1.43. The number of aliphatic carboxylic acids is 1. The van der Waals surface area contributed by atoms with E-state index in [1.54, 1.807) is 16.8 Å². The maximum absolute atomic E-state index is 12.2. The molecule has 2 unspecified atom stereocenters. The maximum atomic E-state index is 12.2. The second-order valence-electron chi connectivity index (χ2n) is 5.95. The molecule has 1 saturated heterocycles. The van der Waals surface area contributed by atoms with Crippen LogP contribution in [0.3, 0.4) is 0 Å². The van der Waals surface area contributed by atoms with Crippen molar-refractivity contribution < 1.29 is 14.7 Å². The molecular weight excluding hydrogens is 244 g/mol. The number of likely N-dealkylation sites (tertiary alicyclic amines) is 1. The van der Waals surface area contributed by atoms with Crippen LogP contribution in [0.5, 0.6) is 0 Å². The van der Waals surface area contributed by atoms with Gasteiger partial charge >= 0.3 is 5.97 Å². The van der Waals surface area contributed by atoms with Crippen molar-refractivity contribution in [2.75, 3.05) is 20.1 Å². The first kappa shape index (κ1) is 16.0. The molecule has 0 aromatic heterocycles. The van der Waals surface area contributed by atoms with Gasteiger partial charge in [0.2, 0.25) is 5.91 Å². The molecule has 2 atom stereocenters. The standard InChI is InChI=1S/C14H26N2O3/c1-10(2)8-11(3)15(4)13(17)9-16-7-5-6-12(16)14(18)19/h10-12H,5-9H2,1-4H3,(H,18,19). The number of likely N-dealkylation sites (N-methyl/N-ethyl adjacent to an activating group) is 1. The molecule has 0 aromatic carbocycles. The minimum absolute atomic E-state index is 0.0151. The zero-order chi connectivity index (χ0) is 14.6. The number of carbonyl (C=O) groups is 2. The molecule has 1 heterocycles. The summed E-state index contributed by atoms with van der Waals surface area (Å²) in [6.45, 7) is 7.23. The normalized spacial score (nSPS) is 21.6. The third kappa shape index (κ3) is 4.49. The lowest BCUT2D eigenvalue weighted by Crippen LogP contribution is -2.46. The third-order valence-electron chi connectivity index (χ3n) is 3.85. The summed E-state index contributed by atoms with van der Waals surface area (Å²) in [7, 11) is 1.81. The molecule has 5 heteroatoms. The smallest absolute Gasteiger partial charge is 0.320 e. The van der Waals surface area contributed by atoms with E-state index < -0.39 is 12.0 Å². The van der Waals surface area contributed by atoms with Gasteiger partial charge in [0.15, 0.2) is 0 Å². The highest BCUT2D eigenvalue weighted by atomic mass is 16.4. The van der Waals surface area contributed by atoms with Crippen LogP contribution in [0.2, 0.25) is 0 Å². The average Bonchev–Trinajstić information content (AvgIpc) is 2.75. The van der Waals surface area contributed by atoms with Gasteiger partial charge in [0, 0.05) is 13.1 Å². The fourth-order valence-electron chi connectivity index (χ4n) is 2.67. The van der Waals surface area contributed by atoms with Gasteiger partial charge in [0.25, 0.3) is 0 Å². The lowest BCUT2D eigenvalue weighted by Gasteiger charge is -2.29. The Morgan fingerprint density at radius 2 is 2.00 bits per heavy atom. The van der Waals surface area contributed by atoms with Crippen LogP contribution in [0.25, 0.3) is 0 Å². The van der Waals surface area contributed by atoms with Crippen molar-refractivity contribution in [1.82, 2.24) is 9.80 Å². The van der Waals surface area contributed by atoms with Crippen molar-refractivity contribution in [2.24, 2.45) is 5.92 Å². The van der Waals surface area contributed by atoms with Crippen LogP contribution in [0.4, 0.5) is 0 Å². The van der Waals surface area contributed by atoms with E-state index in [4.69, 9.17) is 5.11 Å². The van der Waals surface area contributed by atoms with Crippen molar-refractivity contribution in [3.63, 3.8) is 0 Å². The Morgan fingerprint density at radius 1 is 1.37 bits per heavy atom. The molecular formula is C14H26N2O3. The first-order chi connectivity index (χ1) is 8.82. The Kier molecular flexibility index (Phi) is 5.79. The largest absolute Gasteiger partial charge is 0.480 e. The molecule has 110 valence electrons. The summed E-state index contributed by atoms with van der Waals surface area (Å²) in [6, 6.07) is -0.295. The number of rotatable bonds is 6. The van der Waals surface area contributed by atoms with E-state index in [2.05, 4.69) is 13.8 Å². The minimum Gasteiger partial charge on any atom is -0.480 e. The molecule has 1 fully saturated rings. The van der Waals surface area contributed by atoms with Crippen LogP contribution in [0, 0.1) is 5.92 Å². The van der Waals surface area contributed by atoms with Crippen molar-refractivity contribution in [3.05, 3.63) is 0 Å². The summed E-state index contributed by atoms with van der Waals surface area (Å²) >= 11 is 0. The van der Waals surface area contributed by atoms with Crippen molar-refractivity contribution in [3.8, 4) is 0 Å². The van der Waals surface area contributed by atoms with E-state index in [0.29, 0.717) is 18.9 Å². The van der Waals surface area contributed by atoms with E-state index in [0.717, 1.165) is 12.8 Å². The van der Waals surface area contributed by atoms with Gasteiger partial charge in [-0.15, -0.1) is 0 Å². The molecule has 0 radical (unpaired) electrons. The minimum atomic E-state index is -0.816. The van der Waals surface area contributed by atoms with Gasteiger partial charge in [-0.1, -0.05) is 13.8 Å². The van der Waals surface area contributed by atoms with Crippen LogP contribution in [-0.2, 0) is 9.59 Å². The Morgan fingerprint density at radius 3 is 2.53 bits per heavy atom. The van der Waals surface area contributed by atoms with Gasteiger partial charge < -0.3 is 10.0 Å². The number of amides is 1. The van der Waals surface area contributed by atoms with Crippen molar-refractivity contribution in [2.45, 2.75) is 52.1 Å². The summed E-state index contributed by atoms with van der Waals surface area (Å²) in [5.41, 5.74) is 0. The second-order valence-corrected chi connectivity index (χ2v) is 5.95. The quantitative estimate of drug-likeness (QED) is 0.793. The summed E-state index contributed by atoms with van der Waals surface area (Å²) in [5, 5.41) is 9.10. The first-order valence-electron chi connectivity index (χ1n) is 7.05. The summed E-state index contributed by atoms with van der Waals surface area (Å²) in [6.07, 6.45) is 2.47. The molecule has 1 aliphatic rings. The zero-order valence-electron chi connectivity index (χ0n) is 12.4. The fourth-order valence-corrected chi connectivity index (χ4v) is 2.67.